The van der Waals surface area contributed by atoms with Gasteiger partial charge in [-0.15, -0.1) is 0 Å². The van der Waals surface area contributed by atoms with E-state index in [0.717, 1.165) is 5.56 Å². The van der Waals surface area contributed by atoms with E-state index < -0.39 is 0 Å². The molecule has 0 spiro atoms. The summed E-state index contributed by atoms with van der Waals surface area (Å²) in [6.45, 7) is 0. The molecule has 13 heavy (non-hydrogen) atoms. The molecular formula is C10H9N3. The van der Waals surface area contributed by atoms with Gasteiger partial charge in [-0.2, -0.15) is 5.10 Å². The van der Waals surface area contributed by atoms with Crippen LogP contribution in [0.25, 0.3) is 12.3 Å². The maximum Gasteiger partial charge on any atom is 0.138 e. The molecule has 1 aromatic carbocycles. The average Bonchev–Trinajstić information content (AvgIpc) is 2.69. The molecule has 64 valence electrons. The molecule has 1 aromatic heterocycles. The fraction of sp³-hybridized carbons (Fsp3) is 0. The lowest BCUT2D eigenvalue weighted by atomic mass is 10.2. The maximum absolute atomic E-state index is 3.95. The fourth-order valence-corrected chi connectivity index (χ4v) is 1.02. The maximum atomic E-state index is 3.95. The van der Waals surface area contributed by atoms with Crippen LogP contribution >= 0.6 is 0 Å². The average molecular weight is 171 g/mol. The van der Waals surface area contributed by atoms with Crippen LogP contribution in [0.2, 0.25) is 0 Å². The summed E-state index contributed by atoms with van der Waals surface area (Å²) in [5.74, 6) is 0. The van der Waals surface area contributed by atoms with Gasteiger partial charge in [0.1, 0.15) is 12.7 Å². The Balaban J connectivity index is 2.15. The monoisotopic (exact) mass is 171 g/mol. The Morgan fingerprint density at radius 1 is 1.15 bits per heavy atom. The first-order valence-electron chi connectivity index (χ1n) is 4.02. The molecule has 0 saturated carbocycles. The molecule has 0 amide bonds. The van der Waals surface area contributed by atoms with Gasteiger partial charge in [0.25, 0.3) is 0 Å². The van der Waals surface area contributed by atoms with E-state index in [2.05, 4.69) is 10.1 Å². The highest BCUT2D eigenvalue weighted by atomic mass is 15.3. The molecule has 0 aliphatic heterocycles. The summed E-state index contributed by atoms with van der Waals surface area (Å²) >= 11 is 0. The fourth-order valence-electron chi connectivity index (χ4n) is 1.02. The Labute approximate surface area is 76.4 Å². The van der Waals surface area contributed by atoms with Crippen molar-refractivity contribution in [1.82, 2.24) is 14.8 Å². The molecule has 0 aliphatic rings. The predicted molar refractivity (Wildman–Crippen MR) is 51.7 cm³/mol. The lowest BCUT2D eigenvalue weighted by Gasteiger charge is -1.90. The van der Waals surface area contributed by atoms with Gasteiger partial charge in [0.15, 0.2) is 0 Å². The van der Waals surface area contributed by atoms with E-state index in [-0.39, 0.29) is 0 Å². The van der Waals surface area contributed by atoms with Gasteiger partial charge in [0.2, 0.25) is 0 Å². The third-order valence-corrected chi connectivity index (χ3v) is 1.66. The number of aromatic nitrogens is 3. The van der Waals surface area contributed by atoms with Crippen molar-refractivity contribution in [2.45, 2.75) is 0 Å². The van der Waals surface area contributed by atoms with Crippen molar-refractivity contribution in [1.29, 1.82) is 0 Å². The third kappa shape index (κ3) is 2.02. The van der Waals surface area contributed by atoms with Gasteiger partial charge in [-0.05, 0) is 11.6 Å². The third-order valence-electron chi connectivity index (χ3n) is 1.66. The van der Waals surface area contributed by atoms with Crippen molar-refractivity contribution in [3.63, 3.8) is 0 Å². The summed E-state index contributed by atoms with van der Waals surface area (Å²) < 4.78 is 1.66. The Bertz CT molecular complexity index is 376. The second kappa shape index (κ2) is 3.67. The van der Waals surface area contributed by atoms with Gasteiger partial charge in [0, 0.05) is 6.20 Å². The van der Waals surface area contributed by atoms with Crippen LogP contribution < -0.4 is 0 Å². The molecule has 2 aromatic rings. The van der Waals surface area contributed by atoms with Crippen LogP contribution in [0.15, 0.2) is 43.0 Å². The zero-order chi connectivity index (χ0) is 8.93. The Morgan fingerprint density at radius 3 is 2.69 bits per heavy atom. The molecule has 0 bridgehead atoms. The highest BCUT2D eigenvalue weighted by Crippen LogP contribution is 2.01. The lowest BCUT2D eigenvalue weighted by Crippen LogP contribution is -1.83. The van der Waals surface area contributed by atoms with E-state index in [0.29, 0.717) is 0 Å². The van der Waals surface area contributed by atoms with Crippen LogP contribution in [0.4, 0.5) is 0 Å². The highest BCUT2D eigenvalue weighted by Gasteiger charge is 1.84. The smallest absolute Gasteiger partial charge is 0.138 e. The molecule has 0 atom stereocenters. The van der Waals surface area contributed by atoms with E-state index in [1.54, 1.807) is 11.0 Å². The summed E-state index contributed by atoms with van der Waals surface area (Å²) in [4.78, 5) is 3.84. The molecule has 0 unspecified atom stereocenters. The van der Waals surface area contributed by atoms with E-state index in [1.165, 1.54) is 6.33 Å². The lowest BCUT2D eigenvalue weighted by molar-refractivity contribution is 0.937. The SMILES string of the molecule is C(=Cn1cncn1)c1ccccc1. The summed E-state index contributed by atoms with van der Waals surface area (Å²) in [6, 6.07) is 10.1. The van der Waals surface area contributed by atoms with Gasteiger partial charge < -0.3 is 0 Å². The van der Waals surface area contributed by atoms with Gasteiger partial charge in [-0.3, -0.25) is 0 Å². The Kier molecular flexibility index (Phi) is 2.18. The van der Waals surface area contributed by atoms with Crippen LogP contribution in [0.1, 0.15) is 5.56 Å². The van der Waals surface area contributed by atoms with Crippen molar-refractivity contribution in [2.75, 3.05) is 0 Å². The molecule has 1 heterocycles. The van der Waals surface area contributed by atoms with Gasteiger partial charge in [-0.1, -0.05) is 30.3 Å². The van der Waals surface area contributed by atoms with E-state index >= 15 is 0 Å². The second-order valence-electron chi connectivity index (χ2n) is 2.60. The molecular weight excluding hydrogens is 162 g/mol. The van der Waals surface area contributed by atoms with E-state index in [1.807, 2.05) is 42.6 Å². The quantitative estimate of drug-likeness (QED) is 0.691. The minimum atomic E-state index is 1.15. The second-order valence-corrected chi connectivity index (χ2v) is 2.60. The van der Waals surface area contributed by atoms with E-state index in [4.69, 9.17) is 0 Å². The zero-order valence-electron chi connectivity index (χ0n) is 7.04. The Hall–Kier alpha value is -1.90. The number of rotatable bonds is 2. The molecule has 0 radical (unpaired) electrons. The van der Waals surface area contributed by atoms with Crippen LogP contribution in [0, 0.1) is 0 Å². The number of hydrogen-bond acceptors (Lipinski definition) is 2. The predicted octanol–water partition coefficient (Wildman–Crippen LogP) is 1.91. The first-order valence-corrected chi connectivity index (χ1v) is 4.02. The van der Waals surface area contributed by atoms with Gasteiger partial charge in [-0.25, -0.2) is 9.67 Å². The van der Waals surface area contributed by atoms with Crippen molar-refractivity contribution < 1.29 is 0 Å². The van der Waals surface area contributed by atoms with Gasteiger partial charge >= 0.3 is 0 Å². The van der Waals surface area contributed by atoms with Crippen molar-refractivity contribution >= 4 is 12.3 Å². The highest BCUT2D eigenvalue weighted by molar-refractivity contribution is 5.59. The summed E-state index contributed by atoms with van der Waals surface area (Å²) in [6.07, 6.45) is 7.01. The molecule has 3 heteroatoms. The zero-order valence-corrected chi connectivity index (χ0v) is 7.04. The minimum Gasteiger partial charge on any atom is -0.228 e. The number of hydrogen-bond donors (Lipinski definition) is 0. The normalized spacial score (nSPS) is 10.8. The van der Waals surface area contributed by atoms with Crippen LogP contribution in [0.5, 0.6) is 0 Å². The topological polar surface area (TPSA) is 30.7 Å². The molecule has 0 aliphatic carbocycles. The first kappa shape index (κ1) is 7.73. The molecule has 2 rings (SSSR count). The first-order chi connectivity index (χ1) is 6.45. The molecule has 0 saturated heterocycles. The van der Waals surface area contributed by atoms with Crippen molar-refractivity contribution in [3.05, 3.63) is 48.5 Å². The van der Waals surface area contributed by atoms with Crippen molar-refractivity contribution in [3.8, 4) is 0 Å². The standard InChI is InChI=1S/C10H9N3/c1-2-4-10(5-3-1)6-7-13-9-11-8-12-13/h1-9H. The largest absolute Gasteiger partial charge is 0.228 e. The minimum absolute atomic E-state index is 1.15. The Morgan fingerprint density at radius 2 is 2.00 bits per heavy atom. The van der Waals surface area contributed by atoms with Crippen molar-refractivity contribution in [2.24, 2.45) is 0 Å². The summed E-state index contributed by atoms with van der Waals surface area (Å²) in [5.41, 5.74) is 1.15. The van der Waals surface area contributed by atoms with Crippen LogP contribution in [-0.4, -0.2) is 14.8 Å². The van der Waals surface area contributed by atoms with Crippen LogP contribution in [-0.2, 0) is 0 Å². The number of nitrogens with zero attached hydrogens (tertiary/aromatic N) is 3. The van der Waals surface area contributed by atoms with Crippen LogP contribution in [0.3, 0.4) is 0 Å². The number of benzene rings is 1. The molecule has 0 N–H and O–H groups in total. The molecule has 3 nitrogen and oxygen atoms in total. The van der Waals surface area contributed by atoms with E-state index in [9.17, 15) is 0 Å². The van der Waals surface area contributed by atoms with Gasteiger partial charge in [0.05, 0.1) is 0 Å². The summed E-state index contributed by atoms with van der Waals surface area (Å²) in [7, 11) is 0. The molecule has 0 fully saturated rings. The summed E-state index contributed by atoms with van der Waals surface area (Å²) in [5, 5.41) is 3.95.